The molecule has 1 unspecified atom stereocenters. The Bertz CT molecular complexity index is 265. The third kappa shape index (κ3) is 3.50. The van der Waals surface area contributed by atoms with Crippen LogP contribution in [0.4, 0.5) is 0 Å². The first-order valence-electron chi connectivity index (χ1n) is 5.30. The van der Waals surface area contributed by atoms with E-state index in [1.807, 2.05) is 17.9 Å². The molecule has 80 valence electrons. The molecule has 1 atom stereocenters. The molecule has 0 aliphatic rings. The molecule has 3 heteroatoms. The average molecular weight is 195 g/mol. The molecule has 0 aromatic carbocycles. The van der Waals surface area contributed by atoms with E-state index in [0.717, 1.165) is 13.0 Å². The minimum absolute atomic E-state index is 0.573. The molecule has 0 amide bonds. The van der Waals surface area contributed by atoms with Gasteiger partial charge in [-0.15, -0.1) is 0 Å². The first-order chi connectivity index (χ1) is 6.59. The van der Waals surface area contributed by atoms with Gasteiger partial charge in [-0.05, 0) is 24.9 Å². The summed E-state index contributed by atoms with van der Waals surface area (Å²) in [5.74, 6) is 0.660. The average Bonchev–Trinajstić information content (AvgIpc) is 2.49. The van der Waals surface area contributed by atoms with Gasteiger partial charge in [0, 0.05) is 25.0 Å². The Labute approximate surface area is 86.5 Å². The van der Waals surface area contributed by atoms with Crippen molar-refractivity contribution < 1.29 is 0 Å². The van der Waals surface area contributed by atoms with Crippen LogP contribution in [0, 0.1) is 5.92 Å². The van der Waals surface area contributed by atoms with Crippen LogP contribution >= 0.6 is 0 Å². The van der Waals surface area contributed by atoms with Crippen molar-refractivity contribution in [2.45, 2.75) is 33.2 Å². The van der Waals surface area contributed by atoms with Crippen LogP contribution in [0.3, 0.4) is 0 Å². The van der Waals surface area contributed by atoms with E-state index in [-0.39, 0.29) is 0 Å². The quantitative estimate of drug-likeness (QED) is 0.773. The second-order valence-corrected chi connectivity index (χ2v) is 4.32. The van der Waals surface area contributed by atoms with Gasteiger partial charge in [-0.1, -0.05) is 20.8 Å². The molecule has 0 aliphatic heterocycles. The fourth-order valence-corrected chi connectivity index (χ4v) is 1.47. The molecule has 0 bridgehead atoms. The van der Waals surface area contributed by atoms with Gasteiger partial charge in [0.2, 0.25) is 0 Å². The SMILES string of the molecule is CC(CNC(C)C)Cc1ccnn1C. The predicted molar refractivity (Wildman–Crippen MR) is 59.2 cm³/mol. The topological polar surface area (TPSA) is 29.9 Å². The van der Waals surface area contributed by atoms with Crippen LogP contribution in [0.2, 0.25) is 0 Å². The maximum Gasteiger partial charge on any atom is 0.0492 e. The van der Waals surface area contributed by atoms with Crippen LogP contribution in [-0.4, -0.2) is 22.4 Å². The van der Waals surface area contributed by atoms with Gasteiger partial charge in [0.15, 0.2) is 0 Å². The van der Waals surface area contributed by atoms with Crippen molar-refractivity contribution in [2.75, 3.05) is 6.54 Å². The smallest absolute Gasteiger partial charge is 0.0492 e. The molecule has 0 aliphatic carbocycles. The molecule has 1 aromatic rings. The van der Waals surface area contributed by atoms with E-state index in [9.17, 15) is 0 Å². The highest BCUT2D eigenvalue weighted by Gasteiger charge is 2.06. The van der Waals surface area contributed by atoms with Gasteiger partial charge < -0.3 is 5.32 Å². The van der Waals surface area contributed by atoms with Crippen molar-refractivity contribution in [1.82, 2.24) is 15.1 Å². The van der Waals surface area contributed by atoms with Crippen LogP contribution in [0.5, 0.6) is 0 Å². The monoisotopic (exact) mass is 195 g/mol. The summed E-state index contributed by atoms with van der Waals surface area (Å²) in [7, 11) is 2.00. The molecular formula is C11H21N3. The lowest BCUT2D eigenvalue weighted by Gasteiger charge is -2.14. The maximum absolute atomic E-state index is 4.16. The van der Waals surface area contributed by atoms with Crippen LogP contribution in [0.25, 0.3) is 0 Å². The van der Waals surface area contributed by atoms with Crippen LogP contribution in [0.15, 0.2) is 12.3 Å². The van der Waals surface area contributed by atoms with Gasteiger partial charge in [-0.25, -0.2) is 0 Å². The molecule has 1 rings (SSSR count). The van der Waals surface area contributed by atoms with Crippen LogP contribution in [-0.2, 0) is 13.5 Å². The van der Waals surface area contributed by atoms with Crippen LogP contribution < -0.4 is 5.32 Å². The predicted octanol–water partition coefficient (Wildman–Crippen LogP) is 1.60. The van der Waals surface area contributed by atoms with Crippen molar-refractivity contribution in [3.8, 4) is 0 Å². The number of nitrogens with zero attached hydrogens (tertiary/aromatic N) is 2. The minimum atomic E-state index is 0.573. The number of hydrogen-bond acceptors (Lipinski definition) is 2. The van der Waals surface area contributed by atoms with E-state index in [4.69, 9.17) is 0 Å². The fraction of sp³-hybridized carbons (Fsp3) is 0.727. The van der Waals surface area contributed by atoms with Gasteiger partial charge in [-0.2, -0.15) is 5.10 Å². The number of aryl methyl sites for hydroxylation is 1. The van der Waals surface area contributed by atoms with E-state index >= 15 is 0 Å². The second kappa shape index (κ2) is 5.15. The molecule has 1 aromatic heterocycles. The lowest BCUT2D eigenvalue weighted by atomic mass is 10.1. The molecular weight excluding hydrogens is 174 g/mol. The lowest BCUT2D eigenvalue weighted by Crippen LogP contribution is -2.28. The zero-order valence-corrected chi connectivity index (χ0v) is 9.62. The van der Waals surface area contributed by atoms with Crippen molar-refractivity contribution in [1.29, 1.82) is 0 Å². The molecule has 1 heterocycles. The van der Waals surface area contributed by atoms with Gasteiger partial charge in [0.25, 0.3) is 0 Å². The van der Waals surface area contributed by atoms with Crippen molar-refractivity contribution >= 4 is 0 Å². The van der Waals surface area contributed by atoms with Gasteiger partial charge in [0.05, 0.1) is 0 Å². The molecule has 0 saturated heterocycles. The summed E-state index contributed by atoms with van der Waals surface area (Å²) in [6.45, 7) is 7.69. The zero-order valence-electron chi connectivity index (χ0n) is 9.62. The summed E-state index contributed by atoms with van der Waals surface area (Å²) < 4.78 is 1.95. The number of aromatic nitrogens is 2. The molecule has 0 radical (unpaired) electrons. The molecule has 0 saturated carbocycles. The highest BCUT2D eigenvalue weighted by atomic mass is 15.2. The first kappa shape index (κ1) is 11.2. The number of nitrogens with one attached hydrogen (secondary N) is 1. The standard InChI is InChI=1S/C11H21N3/c1-9(2)12-8-10(3)7-11-5-6-13-14(11)4/h5-6,9-10,12H,7-8H2,1-4H3. The van der Waals surface area contributed by atoms with Gasteiger partial charge in [-0.3, -0.25) is 4.68 Å². The minimum Gasteiger partial charge on any atom is -0.314 e. The van der Waals surface area contributed by atoms with E-state index in [1.54, 1.807) is 0 Å². The Morgan fingerprint density at radius 2 is 2.14 bits per heavy atom. The highest BCUT2D eigenvalue weighted by molar-refractivity contribution is 5.00. The highest BCUT2D eigenvalue weighted by Crippen LogP contribution is 2.06. The Balaban J connectivity index is 2.34. The Morgan fingerprint density at radius 1 is 1.43 bits per heavy atom. The molecule has 3 nitrogen and oxygen atoms in total. The lowest BCUT2D eigenvalue weighted by molar-refractivity contribution is 0.465. The van der Waals surface area contributed by atoms with Crippen molar-refractivity contribution in [3.05, 3.63) is 18.0 Å². The summed E-state index contributed by atoms with van der Waals surface area (Å²) in [5, 5.41) is 7.61. The van der Waals surface area contributed by atoms with Crippen molar-refractivity contribution in [3.63, 3.8) is 0 Å². The third-order valence-electron chi connectivity index (χ3n) is 2.35. The van der Waals surface area contributed by atoms with E-state index in [1.165, 1.54) is 5.69 Å². The maximum atomic E-state index is 4.16. The van der Waals surface area contributed by atoms with Crippen molar-refractivity contribution in [2.24, 2.45) is 13.0 Å². The zero-order chi connectivity index (χ0) is 10.6. The normalized spacial score (nSPS) is 13.5. The summed E-state index contributed by atoms with van der Waals surface area (Å²) >= 11 is 0. The second-order valence-electron chi connectivity index (χ2n) is 4.32. The summed E-state index contributed by atoms with van der Waals surface area (Å²) in [4.78, 5) is 0. The molecule has 0 spiro atoms. The number of rotatable bonds is 5. The van der Waals surface area contributed by atoms with E-state index < -0.39 is 0 Å². The fourth-order valence-electron chi connectivity index (χ4n) is 1.47. The van der Waals surface area contributed by atoms with E-state index in [0.29, 0.717) is 12.0 Å². The van der Waals surface area contributed by atoms with E-state index in [2.05, 4.69) is 37.3 Å². The number of hydrogen-bond donors (Lipinski definition) is 1. The summed E-state index contributed by atoms with van der Waals surface area (Å²) in [5.41, 5.74) is 1.31. The Kier molecular flexibility index (Phi) is 4.14. The molecule has 0 fully saturated rings. The summed E-state index contributed by atoms with van der Waals surface area (Å²) in [6, 6.07) is 2.66. The Hall–Kier alpha value is -0.830. The Morgan fingerprint density at radius 3 is 2.64 bits per heavy atom. The van der Waals surface area contributed by atoms with Gasteiger partial charge in [0.1, 0.15) is 0 Å². The molecule has 1 N–H and O–H groups in total. The largest absolute Gasteiger partial charge is 0.314 e. The molecule has 14 heavy (non-hydrogen) atoms. The van der Waals surface area contributed by atoms with Gasteiger partial charge >= 0.3 is 0 Å². The summed E-state index contributed by atoms with van der Waals surface area (Å²) in [6.07, 6.45) is 2.95. The first-order valence-corrected chi connectivity index (χ1v) is 5.30. The van der Waals surface area contributed by atoms with Crippen LogP contribution in [0.1, 0.15) is 26.5 Å². The third-order valence-corrected chi connectivity index (χ3v) is 2.35.